The zero-order valence-corrected chi connectivity index (χ0v) is 17.7. The standard InChI is InChI=1S/C20H22ClNO6S/c1-3-4-12-27-19(23)14-28-20(24)17-13-16(10-11-18(17)21)29(25,26)22(2)15-8-6-5-7-9-15/h5-11,13H,3-4,12,14H2,1-2H3. The normalized spacial score (nSPS) is 11.0. The van der Waals surface area contributed by atoms with Crippen molar-refractivity contribution >= 4 is 39.3 Å². The van der Waals surface area contributed by atoms with Gasteiger partial charge in [0.25, 0.3) is 10.0 Å². The molecule has 0 fully saturated rings. The van der Waals surface area contributed by atoms with Gasteiger partial charge < -0.3 is 9.47 Å². The molecule has 0 N–H and O–H groups in total. The molecule has 0 atom stereocenters. The second-order valence-corrected chi connectivity index (χ2v) is 8.48. The van der Waals surface area contributed by atoms with Crippen LogP contribution in [0, 0.1) is 0 Å². The molecule has 2 aromatic carbocycles. The first-order valence-electron chi connectivity index (χ1n) is 8.93. The Labute approximate surface area is 175 Å². The molecular weight excluding hydrogens is 418 g/mol. The summed E-state index contributed by atoms with van der Waals surface area (Å²) >= 11 is 6.03. The number of ether oxygens (including phenoxy) is 2. The summed E-state index contributed by atoms with van der Waals surface area (Å²) in [4.78, 5) is 23.7. The van der Waals surface area contributed by atoms with E-state index in [0.717, 1.165) is 16.8 Å². The SMILES string of the molecule is CCCCOC(=O)COC(=O)c1cc(S(=O)(=O)N(C)c2ccccc2)ccc1Cl. The molecule has 0 aliphatic rings. The van der Waals surface area contributed by atoms with E-state index in [0.29, 0.717) is 12.1 Å². The maximum atomic E-state index is 12.9. The van der Waals surface area contributed by atoms with Gasteiger partial charge in [0.2, 0.25) is 0 Å². The maximum Gasteiger partial charge on any atom is 0.344 e. The summed E-state index contributed by atoms with van der Waals surface area (Å²) in [5.41, 5.74) is 0.303. The van der Waals surface area contributed by atoms with E-state index in [2.05, 4.69) is 0 Å². The first kappa shape index (κ1) is 22.7. The van der Waals surface area contributed by atoms with Crippen LogP contribution in [0.5, 0.6) is 0 Å². The summed E-state index contributed by atoms with van der Waals surface area (Å²) in [5.74, 6) is -1.60. The van der Waals surface area contributed by atoms with Gasteiger partial charge in [0.15, 0.2) is 6.61 Å². The van der Waals surface area contributed by atoms with Gasteiger partial charge in [-0.05, 0) is 36.8 Å². The van der Waals surface area contributed by atoms with Crippen molar-refractivity contribution in [3.05, 3.63) is 59.1 Å². The van der Waals surface area contributed by atoms with E-state index in [1.807, 2.05) is 6.92 Å². The van der Waals surface area contributed by atoms with Crippen molar-refractivity contribution in [2.75, 3.05) is 24.6 Å². The molecular formula is C20H22ClNO6S. The van der Waals surface area contributed by atoms with Crippen LogP contribution < -0.4 is 4.31 Å². The Bertz CT molecular complexity index is 962. The average molecular weight is 440 g/mol. The highest BCUT2D eigenvalue weighted by molar-refractivity contribution is 7.92. The Morgan fingerprint density at radius 3 is 2.41 bits per heavy atom. The Hall–Kier alpha value is -2.58. The molecule has 9 heteroatoms. The molecule has 0 saturated heterocycles. The summed E-state index contributed by atoms with van der Waals surface area (Å²) < 4.78 is 36.7. The summed E-state index contributed by atoms with van der Waals surface area (Å²) in [6.07, 6.45) is 1.57. The molecule has 0 unspecified atom stereocenters. The topological polar surface area (TPSA) is 90.0 Å². The molecule has 0 aliphatic heterocycles. The fraction of sp³-hybridized carbons (Fsp3) is 0.300. The number of carbonyl (C=O) groups is 2. The van der Waals surface area contributed by atoms with Crippen molar-refractivity contribution in [3.63, 3.8) is 0 Å². The third-order valence-corrected chi connectivity index (χ3v) is 6.13. The lowest BCUT2D eigenvalue weighted by molar-refractivity contribution is -0.147. The van der Waals surface area contributed by atoms with E-state index >= 15 is 0 Å². The number of unbranched alkanes of at least 4 members (excludes halogenated alkanes) is 1. The van der Waals surface area contributed by atoms with Gasteiger partial charge in [0, 0.05) is 7.05 Å². The van der Waals surface area contributed by atoms with Crippen molar-refractivity contribution < 1.29 is 27.5 Å². The van der Waals surface area contributed by atoms with Gasteiger partial charge in [-0.1, -0.05) is 43.1 Å². The quantitative estimate of drug-likeness (QED) is 0.437. The minimum atomic E-state index is -3.94. The molecule has 156 valence electrons. The highest BCUT2D eigenvalue weighted by Crippen LogP contribution is 2.26. The second-order valence-electron chi connectivity index (χ2n) is 6.10. The van der Waals surface area contributed by atoms with Gasteiger partial charge in [-0.25, -0.2) is 18.0 Å². The second kappa shape index (κ2) is 10.3. The lowest BCUT2D eigenvalue weighted by Gasteiger charge is -2.20. The van der Waals surface area contributed by atoms with Gasteiger partial charge >= 0.3 is 11.9 Å². The number of rotatable bonds is 9. The Kier molecular flexibility index (Phi) is 8.04. The van der Waals surface area contributed by atoms with Crippen molar-refractivity contribution in [2.24, 2.45) is 0 Å². The minimum absolute atomic E-state index is 0.00987. The first-order chi connectivity index (χ1) is 13.8. The van der Waals surface area contributed by atoms with Crippen LogP contribution in [0.25, 0.3) is 0 Å². The van der Waals surface area contributed by atoms with Crippen LogP contribution in [0.15, 0.2) is 53.4 Å². The molecule has 0 amide bonds. The van der Waals surface area contributed by atoms with Crippen LogP contribution in [0.3, 0.4) is 0 Å². The van der Waals surface area contributed by atoms with Crippen LogP contribution in [-0.4, -0.2) is 40.6 Å². The van der Waals surface area contributed by atoms with Crippen molar-refractivity contribution in [2.45, 2.75) is 24.7 Å². The predicted molar refractivity (Wildman–Crippen MR) is 110 cm³/mol. The number of para-hydroxylation sites is 1. The number of nitrogens with zero attached hydrogens (tertiary/aromatic N) is 1. The molecule has 0 bridgehead atoms. The van der Waals surface area contributed by atoms with E-state index in [1.165, 1.54) is 19.2 Å². The summed E-state index contributed by atoms with van der Waals surface area (Å²) in [6.45, 7) is 1.61. The number of hydrogen-bond donors (Lipinski definition) is 0. The minimum Gasteiger partial charge on any atom is -0.463 e. The first-order valence-corrected chi connectivity index (χ1v) is 10.8. The highest BCUT2D eigenvalue weighted by atomic mass is 35.5. The largest absolute Gasteiger partial charge is 0.463 e. The Morgan fingerprint density at radius 2 is 1.76 bits per heavy atom. The van der Waals surface area contributed by atoms with E-state index in [4.69, 9.17) is 21.1 Å². The molecule has 0 heterocycles. The van der Waals surface area contributed by atoms with Crippen LogP contribution in [0.4, 0.5) is 5.69 Å². The molecule has 0 radical (unpaired) electrons. The number of carbonyl (C=O) groups excluding carboxylic acids is 2. The molecule has 29 heavy (non-hydrogen) atoms. The van der Waals surface area contributed by atoms with Gasteiger partial charge in [-0.15, -0.1) is 0 Å². The van der Waals surface area contributed by atoms with Gasteiger partial charge in [0.05, 0.1) is 27.8 Å². The van der Waals surface area contributed by atoms with Crippen LogP contribution >= 0.6 is 11.6 Å². The van der Waals surface area contributed by atoms with E-state index in [1.54, 1.807) is 30.3 Å². The number of hydrogen-bond acceptors (Lipinski definition) is 6. The highest BCUT2D eigenvalue weighted by Gasteiger charge is 2.24. The lowest BCUT2D eigenvalue weighted by Crippen LogP contribution is -2.26. The monoisotopic (exact) mass is 439 g/mol. The smallest absolute Gasteiger partial charge is 0.344 e. The molecule has 0 spiro atoms. The lowest BCUT2D eigenvalue weighted by atomic mass is 10.2. The Morgan fingerprint density at radius 1 is 1.07 bits per heavy atom. The third kappa shape index (κ3) is 5.95. The van der Waals surface area contributed by atoms with E-state index in [9.17, 15) is 18.0 Å². The summed E-state index contributed by atoms with van der Waals surface area (Å²) in [5, 5.41) is 0.00987. The number of halogens is 1. The van der Waals surface area contributed by atoms with Crippen LogP contribution in [-0.2, 0) is 24.3 Å². The van der Waals surface area contributed by atoms with E-state index in [-0.39, 0.29) is 22.1 Å². The fourth-order valence-electron chi connectivity index (χ4n) is 2.33. The molecule has 2 rings (SSSR count). The molecule has 7 nitrogen and oxygen atoms in total. The maximum absolute atomic E-state index is 12.9. The predicted octanol–water partition coefficient (Wildman–Crippen LogP) is 3.67. The molecule has 0 aromatic heterocycles. The van der Waals surface area contributed by atoms with Crippen molar-refractivity contribution in [1.29, 1.82) is 0 Å². The van der Waals surface area contributed by atoms with Crippen molar-refractivity contribution in [1.82, 2.24) is 0 Å². The fourth-order valence-corrected chi connectivity index (χ4v) is 3.75. The average Bonchev–Trinajstić information content (AvgIpc) is 2.72. The number of sulfonamides is 1. The Balaban J connectivity index is 2.16. The molecule has 0 saturated carbocycles. The van der Waals surface area contributed by atoms with Gasteiger partial charge in [-0.2, -0.15) is 0 Å². The number of benzene rings is 2. The summed E-state index contributed by atoms with van der Waals surface area (Å²) in [7, 11) is -2.53. The van der Waals surface area contributed by atoms with Gasteiger partial charge in [0.1, 0.15) is 0 Å². The zero-order valence-electron chi connectivity index (χ0n) is 16.1. The number of anilines is 1. The molecule has 2 aromatic rings. The third-order valence-electron chi connectivity index (χ3n) is 4.02. The van der Waals surface area contributed by atoms with Crippen LogP contribution in [0.1, 0.15) is 30.1 Å². The summed E-state index contributed by atoms with van der Waals surface area (Å²) in [6, 6.07) is 12.2. The van der Waals surface area contributed by atoms with E-state index < -0.39 is 28.6 Å². The van der Waals surface area contributed by atoms with Crippen LogP contribution in [0.2, 0.25) is 5.02 Å². The zero-order chi connectivity index (χ0) is 21.4. The van der Waals surface area contributed by atoms with Gasteiger partial charge in [-0.3, -0.25) is 4.31 Å². The van der Waals surface area contributed by atoms with Crippen molar-refractivity contribution in [3.8, 4) is 0 Å². The number of esters is 2. The molecule has 0 aliphatic carbocycles.